The number of rotatable bonds is 4. The van der Waals surface area contributed by atoms with Crippen molar-refractivity contribution >= 4 is 17.0 Å². The zero-order chi connectivity index (χ0) is 19.0. The molecule has 1 aliphatic rings. The standard InChI is InChI=1S/C20H21N3O4/c1-26-14-8-6-13(7-9-14)15-10-22(11-16(15)21)19(24)12-23-17-4-2-3-5-18(17)27-20(23)25/h2-9,15-16H,10-12,21H2,1H3/t15-,16+/m0/s1. The topological polar surface area (TPSA) is 90.7 Å². The summed E-state index contributed by atoms with van der Waals surface area (Å²) in [5.41, 5.74) is 8.46. The van der Waals surface area contributed by atoms with Crippen LogP contribution in [-0.2, 0) is 11.3 Å². The Morgan fingerprint density at radius 2 is 1.93 bits per heavy atom. The van der Waals surface area contributed by atoms with Crippen molar-refractivity contribution in [2.24, 2.45) is 5.73 Å². The molecule has 3 aromatic rings. The first-order chi connectivity index (χ1) is 13.1. The first kappa shape index (κ1) is 17.4. The van der Waals surface area contributed by atoms with E-state index in [1.165, 1.54) is 4.57 Å². The van der Waals surface area contributed by atoms with Crippen LogP contribution >= 0.6 is 0 Å². The second kappa shape index (κ2) is 6.92. The summed E-state index contributed by atoms with van der Waals surface area (Å²) in [6, 6.07) is 14.7. The number of methoxy groups -OCH3 is 1. The molecule has 140 valence electrons. The van der Waals surface area contributed by atoms with Crippen LogP contribution < -0.4 is 16.2 Å². The molecule has 1 aliphatic heterocycles. The molecule has 4 rings (SSSR count). The summed E-state index contributed by atoms with van der Waals surface area (Å²) in [5.74, 6) is 0.164. The second-order valence-electron chi connectivity index (χ2n) is 6.76. The molecule has 1 fully saturated rings. The van der Waals surface area contributed by atoms with Crippen molar-refractivity contribution in [2.45, 2.75) is 18.5 Å². The van der Waals surface area contributed by atoms with E-state index in [1.807, 2.05) is 30.3 Å². The van der Waals surface area contributed by atoms with Crippen molar-refractivity contribution in [2.75, 3.05) is 20.2 Å². The molecule has 2 atom stereocenters. The number of benzene rings is 2. The Morgan fingerprint density at radius 1 is 1.19 bits per heavy atom. The Morgan fingerprint density at radius 3 is 2.67 bits per heavy atom. The van der Waals surface area contributed by atoms with Crippen LogP contribution in [0.25, 0.3) is 11.1 Å². The quantitative estimate of drug-likeness (QED) is 0.756. The number of carbonyl (C=O) groups is 1. The fraction of sp³-hybridized carbons (Fsp3) is 0.300. The molecule has 1 amide bonds. The van der Waals surface area contributed by atoms with E-state index in [9.17, 15) is 9.59 Å². The summed E-state index contributed by atoms with van der Waals surface area (Å²) in [6.07, 6.45) is 0. The maximum absolute atomic E-state index is 12.8. The smallest absolute Gasteiger partial charge is 0.420 e. The molecule has 2 N–H and O–H groups in total. The number of hydrogen-bond donors (Lipinski definition) is 1. The predicted octanol–water partition coefficient (Wildman–Crippen LogP) is 1.56. The lowest BCUT2D eigenvalue weighted by molar-refractivity contribution is -0.130. The summed E-state index contributed by atoms with van der Waals surface area (Å²) in [7, 11) is 1.62. The van der Waals surface area contributed by atoms with Crippen LogP contribution in [0.4, 0.5) is 0 Å². The number of hydrogen-bond acceptors (Lipinski definition) is 5. The van der Waals surface area contributed by atoms with Gasteiger partial charge < -0.3 is 19.8 Å². The lowest BCUT2D eigenvalue weighted by Gasteiger charge is -2.17. The molecule has 0 unspecified atom stereocenters. The van der Waals surface area contributed by atoms with E-state index in [4.69, 9.17) is 14.9 Å². The lowest BCUT2D eigenvalue weighted by Crippen LogP contribution is -2.35. The van der Waals surface area contributed by atoms with Crippen molar-refractivity contribution in [3.05, 3.63) is 64.6 Å². The molecule has 0 bridgehead atoms. The van der Waals surface area contributed by atoms with Gasteiger partial charge in [0.05, 0.1) is 12.6 Å². The number of amides is 1. The van der Waals surface area contributed by atoms with Crippen molar-refractivity contribution in [1.82, 2.24) is 9.47 Å². The van der Waals surface area contributed by atoms with Gasteiger partial charge in [0.25, 0.3) is 0 Å². The molecule has 1 aromatic heterocycles. The van der Waals surface area contributed by atoms with Gasteiger partial charge in [0.2, 0.25) is 5.91 Å². The fourth-order valence-corrected chi connectivity index (χ4v) is 3.64. The first-order valence-electron chi connectivity index (χ1n) is 8.82. The highest BCUT2D eigenvalue weighted by Gasteiger charge is 2.34. The minimum absolute atomic E-state index is 0.0534. The molecule has 7 heteroatoms. The van der Waals surface area contributed by atoms with Gasteiger partial charge in [0.15, 0.2) is 5.58 Å². The summed E-state index contributed by atoms with van der Waals surface area (Å²) in [4.78, 5) is 26.6. The molecule has 0 spiro atoms. The minimum Gasteiger partial charge on any atom is -0.497 e. The van der Waals surface area contributed by atoms with Gasteiger partial charge in [0, 0.05) is 25.0 Å². The van der Waals surface area contributed by atoms with E-state index < -0.39 is 5.76 Å². The van der Waals surface area contributed by atoms with Crippen molar-refractivity contribution in [3.8, 4) is 5.75 Å². The predicted molar refractivity (Wildman–Crippen MR) is 101 cm³/mol. The van der Waals surface area contributed by atoms with Crippen molar-refractivity contribution in [3.63, 3.8) is 0 Å². The normalized spacial score (nSPS) is 19.6. The first-order valence-corrected chi connectivity index (χ1v) is 8.82. The number of carbonyl (C=O) groups excluding carboxylic acids is 1. The Balaban J connectivity index is 1.51. The monoisotopic (exact) mass is 367 g/mol. The maximum Gasteiger partial charge on any atom is 0.420 e. The highest BCUT2D eigenvalue weighted by molar-refractivity contribution is 5.80. The minimum atomic E-state index is -0.528. The molecule has 27 heavy (non-hydrogen) atoms. The van der Waals surface area contributed by atoms with Crippen LogP contribution in [0, 0.1) is 0 Å². The number of nitrogens with zero attached hydrogens (tertiary/aromatic N) is 2. The average Bonchev–Trinajstić information content (AvgIpc) is 3.22. The number of fused-ring (bicyclic) bond motifs is 1. The number of aromatic nitrogens is 1. The molecule has 0 radical (unpaired) electrons. The third kappa shape index (κ3) is 3.21. The van der Waals surface area contributed by atoms with Crippen molar-refractivity contribution < 1.29 is 13.9 Å². The number of ether oxygens (including phenoxy) is 1. The van der Waals surface area contributed by atoms with Gasteiger partial charge in [-0.05, 0) is 29.8 Å². The van der Waals surface area contributed by atoms with E-state index in [0.717, 1.165) is 11.3 Å². The van der Waals surface area contributed by atoms with Crippen molar-refractivity contribution in [1.29, 1.82) is 0 Å². The van der Waals surface area contributed by atoms with Gasteiger partial charge in [-0.25, -0.2) is 4.79 Å². The SMILES string of the molecule is COc1ccc([C@@H]2CN(C(=O)Cn3c(=O)oc4ccccc43)C[C@H]2N)cc1. The molecular weight excluding hydrogens is 346 g/mol. The maximum atomic E-state index is 12.8. The third-order valence-electron chi connectivity index (χ3n) is 5.13. The van der Waals surface area contributed by atoms with Gasteiger partial charge in [-0.15, -0.1) is 0 Å². The molecule has 0 aliphatic carbocycles. The van der Waals surface area contributed by atoms with E-state index in [-0.39, 0.29) is 24.4 Å². The van der Waals surface area contributed by atoms with Gasteiger partial charge in [-0.2, -0.15) is 0 Å². The summed E-state index contributed by atoms with van der Waals surface area (Å²) < 4.78 is 11.7. The number of likely N-dealkylation sites (tertiary alicyclic amines) is 1. The van der Waals surface area contributed by atoms with Gasteiger partial charge in [-0.3, -0.25) is 9.36 Å². The highest BCUT2D eigenvalue weighted by atomic mass is 16.5. The van der Waals surface area contributed by atoms with E-state index >= 15 is 0 Å². The molecule has 7 nitrogen and oxygen atoms in total. The largest absolute Gasteiger partial charge is 0.497 e. The van der Waals surface area contributed by atoms with Crippen LogP contribution in [0.2, 0.25) is 0 Å². The Kier molecular flexibility index (Phi) is 4.45. The van der Waals surface area contributed by atoms with Gasteiger partial charge in [-0.1, -0.05) is 24.3 Å². The fourth-order valence-electron chi connectivity index (χ4n) is 3.64. The lowest BCUT2D eigenvalue weighted by atomic mass is 9.95. The summed E-state index contributed by atoms with van der Waals surface area (Å²) in [5, 5.41) is 0. The van der Waals surface area contributed by atoms with Gasteiger partial charge in [0.1, 0.15) is 12.3 Å². The van der Waals surface area contributed by atoms with Crippen LogP contribution in [0.15, 0.2) is 57.7 Å². The Hall–Kier alpha value is -3.06. The Labute approximate surface area is 155 Å². The number of oxazole rings is 1. The summed E-state index contributed by atoms with van der Waals surface area (Å²) >= 11 is 0. The molecule has 0 saturated carbocycles. The molecular formula is C20H21N3O4. The zero-order valence-electron chi connectivity index (χ0n) is 15.0. The average molecular weight is 367 g/mol. The molecule has 2 aromatic carbocycles. The number of para-hydroxylation sites is 2. The highest BCUT2D eigenvalue weighted by Crippen LogP contribution is 2.28. The third-order valence-corrected chi connectivity index (χ3v) is 5.13. The van der Waals surface area contributed by atoms with E-state index in [2.05, 4.69) is 0 Å². The van der Waals surface area contributed by atoms with E-state index in [1.54, 1.807) is 30.2 Å². The molecule has 1 saturated heterocycles. The van der Waals surface area contributed by atoms with Crippen LogP contribution in [0.1, 0.15) is 11.5 Å². The second-order valence-corrected chi connectivity index (χ2v) is 6.76. The number of nitrogens with two attached hydrogens (primary N) is 1. The van der Waals surface area contributed by atoms with E-state index in [0.29, 0.717) is 24.2 Å². The van der Waals surface area contributed by atoms with Crippen LogP contribution in [0.5, 0.6) is 5.75 Å². The molecule has 2 heterocycles. The Bertz CT molecular complexity index is 1020. The van der Waals surface area contributed by atoms with Crippen LogP contribution in [0.3, 0.4) is 0 Å². The summed E-state index contributed by atoms with van der Waals surface area (Å²) in [6.45, 7) is 0.925. The van der Waals surface area contributed by atoms with Gasteiger partial charge >= 0.3 is 5.76 Å². The van der Waals surface area contributed by atoms with Crippen LogP contribution in [-0.4, -0.2) is 41.6 Å². The zero-order valence-corrected chi connectivity index (χ0v) is 15.0.